The largest absolute Gasteiger partial charge is 0.360 e. The Morgan fingerprint density at radius 1 is 1.11 bits per heavy atom. The van der Waals surface area contributed by atoms with E-state index in [1.165, 1.54) is 0 Å². The maximum atomic E-state index is 5.99. The van der Waals surface area contributed by atoms with Gasteiger partial charge in [0, 0.05) is 12.1 Å². The first kappa shape index (κ1) is 17.9. The highest BCUT2D eigenvalue weighted by molar-refractivity contribution is 4.75. The maximum absolute atomic E-state index is 5.99. The van der Waals surface area contributed by atoms with Crippen LogP contribution in [0.5, 0.6) is 0 Å². The molecule has 110 valence electrons. The van der Waals surface area contributed by atoms with Crippen LogP contribution in [0.2, 0.25) is 0 Å². The smallest absolute Gasteiger partial charge is 0.0995 e. The van der Waals surface area contributed by atoms with Crippen LogP contribution in [0, 0.1) is 5.92 Å². The Kier molecular flexibility index (Phi) is 7.41. The molecule has 3 nitrogen and oxygen atoms in total. The molecule has 1 N–H and O–H groups in total. The number of nitrogens with one attached hydrogen (secondary N) is 1. The number of nitrogens with zero attached hydrogens (tertiary/aromatic N) is 1. The molecule has 0 fully saturated rings. The van der Waals surface area contributed by atoms with Gasteiger partial charge in [0.15, 0.2) is 0 Å². The summed E-state index contributed by atoms with van der Waals surface area (Å²) in [7, 11) is 2.11. The van der Waals surface area contributed by atoms with E-state index >= 15 is 0 Å². The van der Waals surface area contributed by atoms with Crippen LogP contribution in [-0.4, -0.2) is 42.9 Å². The quantitative estimate of drug-likeness (QED) is 0.677. The first-order valence-electron chi connectivity index (χ1n) is 7.09. The van der Waals surface area contributed by atoms with Gasteiger partial charge in [-0.25, -0.2) is 0 Å². The first-order valence-corrected chi connectivity index (χ1v) is 7.09. The zero-order chi connectivity index (χ0) is 14.4. The van der Waals surface area contributed by atoms with Gasteiger partial charge in [-0.2, -0.15) is 0 Å². The van der Waals surface area contributed by atoms with Crippen molar-refractivity contribution in [3.63, 3.8) is 0 Å². The van der Waals surface area contributed by atoms with Crippen LogP contribution >= 0.6 is 0 Å². The van der Waals surface area contributed by atoms with E-state index < -0.39 is 0 Å². The normalized spacial score (nSPS) is 13.7. The van der Waals surface area contributed by atoms with Gasteiger partial charge in [0.25, 0.3) is 0 Å². The summed E-state index contributed by atoms with van der Waals surface area (Å²) in [6, 6.07) is 0. The lowest BCUT2D eigenvalue weighted by Gasteiger charge is -2.30. The minimum absolute atomic E-state index is 0.0660. The average Bonchev–Trinajstić information content (AvgIpc) is 2.11. The summed E-state index contributed by atoms with van der Waals surface area (Å²) in [5.41, 5.74) is 0.119. The molecule has 0 aromatic carbocycles. The van der Waals surface area contributed by atoms with Crippen LogP contribution in [0.4, 0.5) is 0 Å². The molecule has 0 saturated carbocycles. The van der Waals surface area contributed by atoms with E-state index in [4.69, 9.17) is 4.74 Å². The van der Waals surface area contributed by atoms with Gasteiger partial charge >= 0.3 is 0 Å². The van der Waals surface area contributed by atoms with Gasteiger partial charge in [-0.3, -0.25) is 4.90 Å². The van der Waals surface area contributed by atoms with E-state index in [2.05, 4.69) is 65.7 Å². The fraction of sp³-hybridized carbons (Fsp3) is 1.00. The molecule has 0 heterocycles. The number of hydrogen-bond acceptors (Lipinski definition) is 3. The molecule has 3 heteroatoms. The van der Waals surface area contributed by atoms with Gasteiger partial charge in [0.1, 0.15) is 0 Å². The van der Waals surface area contributed by atoms with Crippen LogP contribution in [-0.2, 0) is 4.74 Å². The second-order valence-electron chi connectivity index (χ2n) is 7.39. The Hall–Kier alpha value is -0.120. The van der Waals surface area contributed by atoms with Crippen molar-refractivity contribution < 1.29 is 4.74 Å². The second-order valence-corrected chi connectivity index (χ2v) is 7.39. The maximum Gasteiger partial charge on any atom is 0.0995 e. The Morgan fingerprint density at radius 3 is 2.11 bits per heavy atom. The van der Waals surface area contributed by atoms with Crippen LogP contribution in [0.15, 0.2) is 0 Å². The third kappa shape index (κ3) is 11.0. The summed E-state index contributed by atoms with van der Waals surface area (Å²) in [6.07, 6.45) is 1.03. The lowest BCUT2D eigenvalue weighted by molar-refractivity contribution is -0.0732. The summed E-state index contributed by atoms with van der Waals surface area (Å²) < 4.78 is 5.99. The SMILES string of the molecule is CC(C)CN(C)COC(C)(C)CCNC(C)(C)C. The van der Waals surface area contributed by atoms with Crippen molar-refractivity contribution in [1.29, 1.82) is 0 Å². The van der Waals surface area contributed by atoms with E-state index in [1.54, 1.807) is 0 Å². The lowest BCUT2D eigenvalue weighted by atomic mass is 10.0. The number of rotatable bonds is 8. The molecule has 0 rings (SSSR count). The Morgan fingerprint density at radius 2 is 1.67 bits per heavy atom. The molecule has 0 amide bonds. The molecule has 18 heavy (non-hydrogen) atoms. The van der Waals surface area contributed by atoms with E-state index in [0.29, 0.717) is 12.6 Å². The van der Waals surface area contributed by atoms with Crippen molar-refractivity contribution in [3.8, 4) is 0 Å². The van der Waals surface area contributed by atoms with Gasteiger partial charge in [0.2, 0.25) is 0 Å². The molecule has 0 spiro atoms. The Labute approximate surface area is 114 Å². The summed E-state index contributed by atoms with van der Waals surface area (Å²) in [6.45, 7) is 18.2. The molecule has 0 radical (unpaired) electrons. The van der Waals surface area contributed by atoms with Crippen molar-refractivity contribution in [2.45, 2.75) is 66.0 Å². The highest BCUT2D eigenvalue weighted by Crippen LogP contribution is 2.15. The monoisotopic (exact) mass is 258 g/mol. The van der Waals surface area contributed by atoms with Crippen molar-refractivity contribution >= 4 is 0 Å². The topological polar surface area (TPSA) is 24.5 Å². The van der Waals surface area contributed by atoms with Crippen molar-refractivity contribution in [1.82, 2.24) is 10.2 Å². The first-order chi connectivity index (χ1) is 8.02. The van der Waals surface area contributed by atoms with Gasteiger partial charge in [-0.05, 0) is 60.5 Å². The predicted molar refractivity (Wildman–Crippen MR) is 79.9 cm³/mol. The average molecular weight is 258 g/mol. The highest BCUT2D eigenvalue weighted by Gasteiger charge is 2.20. The summed E-state index contributed by atoms with van der Waals surface area (Å²) >= 11 is 0. The van der Waals surface area contributed by atoms with E-state index in [9.17, 15) is 0 Å². The van der Waals surface area contributed by atoms with Crippen LogP contribution in [0.3, 0.4) is 0 Å². The predicted octanol–water partition coefficient (Wildman–Crippen LogP) is 3.11. The summed E-state index contributed by atoms with van der Waals surface area (Å²) in [5.74, 6) is 0.685. The molecular weight excluding hydrogens is 224 g/mol. The van der Waals surface area contributed by atoms with Crippen molar-refractivity contribution in [3.05, 3.63) is 0 Å². The van der Waals surface area contributed by atoms with E-state index in [-0.39, 0.29) is 11.1 Å². The summed E-state index contributed by atoms with van der Waals surface area (Å²) in [4.78, 5) is 2.24. The van der Waals surface area contributed by atoms with Crippen LogP contribution in [0.1, 0.15) is 54.9 Å². The molecule has 0 aromatic rings. The molecular formula is C15H34N2O. The third-order valence-corrected chi connectivity index (χ3v) is 2.73. The van der Waals surface area contributed by atoms with E-state index in [1.807, 2.05) is 0 Å². The van der Waals surface area contributed by atoms with Crippen molar-refractivity contribution in [2.75, 3.05) is 26.9 Å². The summed E-state index contributed by atoms with van der Waals surface area (Å²) in [5, 5.41) is 3.50. The Balaban J connectivity index is 3.86. The zero-order valence-corrected chi connectivity index (χ0v) is 13.8. The second kappa shape index (κ2) is 7.46. The van der Waals surface area contributed by atoms with E-state index in [0.717, 1.165) is 19.5 Å². The van der Waals surface area contributed by atoms with Crippen molar-refractivity contribution in [2.24, 2.45) is 5.92 Å². The van der Waals surface area contributed by atoms with Gasteiger partial charge in [-0.1, -0.05) is 13.8 Å². The van der Waals surface area contributed by atoms with Crippen LogP contribution in [0.25, 0.3) is 0 Å². The molecule has 0 aliphatic heterocycles. The molecule has 0 aromatic heterocycles. The molecule has 0 unspecified atom stereocenters. The van der Waals surface area contributed by atoms with Crippen LogP contribution < -0.4 is 5.32 Å². The number of ether oxygens (including phenoxy) is 1. The minimum atomic E-state index is -0.0660. The molecule has 0 bridgehead atoms. The molecule has 0 atom stereocenters. The Bertz CT molecular complexity index is 219. The fourth-order valence-corrected chi connectivity index (χ4v) is 1.77. The zero-order valence-electron chi connectivity index (χ0n) is 13.8. The fourth-order valence-electron chi connectivity index (χ4n) is 1.77. The standard InChI is InChI=1S/C15H34N2O/c1-13(2)11-17(8)12-18-15(6,7)9-10-16-14(3,4)5/h13,16H,9-12H2,1-8H3. The van der Waals surface area contributed by atoms with Gasteiger partial charge in [0.05, 0.1) is 12.3 Å². The molecule has 0 saturated heterocycles. The highest BCUT2D eigenvalue weighted by atomic mass is 16.5. The third-order valence-electron chi connectivity index (χ3n) is 2.73. The minimum Gasteiger partial charge on any atom is -0.360 e. The molecule has 0 aliphatic rings. The number of hydrogen-bond donors (Lipinski definition) is 1. The van der Waals surface area contributed by atoms with Gasteiger partial charge < -0.3 is 10.1 Å². The lowest BCUT2D eigenvalue weighted by Crippen LogP contribution is -2.41. The molecule has 0 aliphatic carbocycles. The van der Waals surface area contributed by atoms with Gasteiger partial charge in [-0.15, -0.1) is 0 Å².